The highest BCUT2D eigenvalue weighted by molar-refractivity contribution is 5.88. The second-order valence-electron chi connectivity index (χ2n) is 6.98. The Bertz CT molecular complexity index is 853. The number of rotatable bonds is 3. The molecule has 25 heavy (non-hydrogen) atoms. The van der Waals surface area contributed by atoms with Crippen LogP contribution in [-0.2, 0) is 11.2 Å². The van der Waals surface area contributed by atoms with Crippen molar-refractivity contribution < 1.29 is 4.79 Å². The first-order valence-corrected chi connectivity index (χ1v) is 9.19. The molecule has 3 aromatic rings. The topological polar surface area (TPSA) is 36.1 Å². The molecule has 3 nitrogen and oxygen atoms in total. The van der Waals surface area contributed by atoms with Gasteiger partial charge in [0.25, 0.3) is 0 Å². The molecule has 0 saturated carbocycles. The van der Waals surface area contributed by atoms with Crippen LogP contribution in [0.3, 0.4) is 0 Å². The highest BCUT2D eigenvalue weighted by Gasteiger charge is 2.23. The predicted octanol–water partition coefficient (Wildman–Crippen LogP) is 4.51. The maximum atomic E-state index is 13.0. The molecule has 3 heteroatoms. The SMILES string of the molecule is O=C(Cc1c[nH]c2ccccc12)N1CCCC[C@@H](c2ccccc2)C1. The van der Waals surface area contributed by atoms with Gasteiger partial charge in [0.15, 0.2) is 0 Å². The molecule has 2 heterocycles. The summed E-state index contributed by atoms with van der Waals surface area (Å²) in [6, 6.07) is 18.8. The maximum absolute atomic E-state index is 13.0. The molecule has 4 rings (SSSR count). The summed E-state index contributed by atoms with van der Waals surface area (Å²) in [5.41, 5.74) is 3.55. The minimum Gasteiger partial charge on any atom is -0.361 e. The highest BCUT2D eigenvalue weighted by Crippen LogP contribution is 2.27. The third-order valence-corrected chi connectivity index (χ3v) is 5.31. The van der Waals surface area contributed by atoms with E-state index in [4.69, 9.17) is 0 Å². The molecule has 1 aliphatic rings. The lowest BCUT2D eigenvalue weighted by Gasteiger charge is -2.25. The van der Waals surface area contributed by atoms with Crippen molar-refractivity contribution in [2.24, 2.45) is 0 Å². The van der Waals surface area contributed by atoms with E-state index in [1.54, 1.807) is 0 Å². The van der Waals surface area contributed by atoms with Crippen LogP contribution in [0.15, 0.2) is 60.8 Å². The molecule has 0 radical (unpaired) electrons. The van der Waals surface area contributed by atoms with Crippen LogP contribution in [0.4, 0.5) is 0 Å². The van der Waals surface area contributed by atoms with E-state index >= 15 is 0 Å². The Morgan fingerprint density at radius 1 is 1.04 bits per heavy atom. The van der Waals surface area contributed by atoms with Gasteiger partial charge in [0.1, 0.15) is 0 Å². The predicted molar refractivity (Wildman–Crippen MR) is 102 cm³/mol. The van der Waals surface area contributed by atoms with Crippen molar-refractivity contribution in [1.29, 1.82) is 0 Å². The summed E-state index contributed by atoms with van der Waals surface area (Å²) in [5, 5.41) is 1.16. The molecule has 1 fully saturated rings. The molecule has 0 aliphatic carbocycles. The molecule has 0 bridgehead atoms. The molecule has 2 aromatic carbocycles. The molecule has 1 aromatic heterocycles. The highest BCUT2D eigenvalue weighted by atomic mass is 16.2. The van der Waals surface area contributed by atoms with Crippen LogP contribution in [0.25, 0.3) is 10.9 Å². The minimum absolute atomic E-state index is 0.243. The lowest BCUT2D eigenvalue weighted by molar-refractivity contribution is -0.130. The number of fused-ring (bicyclic) bond motifs is 1. The van der Waals surface area contributed by atoms with Crippen LogP contribution in [0, 0.1) is 0 Å². The van der Waals surface area contributed by atoms with E-state index in [9.17, 15) is 4.79 Å². The maximum Gasteiger partial charge on any atom is 0.227 e. The molecular weight excluding hydrogens is 308 g/mol. The lowest BCUT2D eigenvalue weighted by atomic mass is 9.94. The zero-order valence-corrected chi connectivity index (χ0v) is 14.4. The number of benzene rings is 2. The number of para-hydroxylation sites is 1. The first-order chi connectivity index (χ1) is 12.3. The van der Waals surface area contributed by atoms with Gasteiger partial charge in [0.2, 0.25) is 5.91 Å². The monoisotopic (exact) mass is 332 g/mol. The molecule has 1 N–H and O–H groups in total. The minimum atomic E-state index is 0.243. The van der Waals surface area contributed by atoms with Crippen LogP contribution in [0.1, 0.15) is 36.3 Å². The Balaban J connectivity index is 1.50. The van der Waals surface area contributed by atoms with E-state index in [1.807, 2.05) is 18.3 Å². The number of carbonyl (C=O) groups is 1. The molecule has 1 amide bonds. The van der Waals surface area contributed by atoms with E-state index in [0.717, 1.165) is 36.0 Å². The fourth-order valence-corrected chi connectivity index (χ4v) is 3.92. The third kappa shape index (κ3) is 3.46. The number of carbonyl (C=O) groups excluding carboxylic acids is 1. The van der Waals surface area contributed by atoms with Crippen molar-refractivity contribution in [2.45, 2.75) is 31.6 Å². The molecule has 1 atom stereocenters. The van der Waals surface area contributed by atoms with Gasteiger partial charge >= 0.3 is 0 Å². The van der Waals surface area contributed by atoms with Gasteiger partial charge in [-0.3, -0.25) is 4.79 Å². The van der Waals surface area contributed by atoms with Gasteiger partial charge in [-0.05, 0) is 30.0 Å². The lowest BCUT2D eigenvalue weighted by Crippen LogP contribution is -2.35. The smallest absolute Gasteiger partial charge is 0.227 e. The molecule has 1 aliphatic heterocycles. The summed E-state index contributed by atoms with van der Waals surface area (Å²) in [7, 11) is 0. The van der Waals surface area contributed by atoms with E-state index in [0.29, 0.717) is 12.3 Å². The van der Waals surface area contributed by atoms with Crippen LogP contribution in [0.2, 0.25) is 0 Å². The number of H-pyrrole nitrogens is 1. The Hall–Kier alpha value is -2.55. The van der Waals surface area contributed by atoms with E-state index in [2.05, 4.69) is 52.3 Å². The molecule has 0 unspecified atom stereocenters. The van der Waals surface area contributed by atoms with Gasteiger partial charge in [-0.2, -0.15) is 0 Å². The van der Waals surface area contributed by atoms with Crippen LogP contribution < -0.4 is 0 Å². The van der Waals surface area contributed by atoms with E-state index < -0.39 is 0 Å². The molecule has 0 spiro atoms. The van der Waals surface area contributed by atoms with E-state index in [1.165, 1.54) is 18.4 Å². The molecule has 128 valence electrons. The fraction of sp³-hybridized carbons (Fsp3) is 0.318. The molecule has 1 saturated heterocycles. The van der Waals surface area contributed by atoms with Crippen LogP contribution in [0.5, 0.6) is 0 Å². The van der Waals surface area contributed by atoms with Gasteiger partial charge in [-0.25, -0.2) is 0 Å². The Labute approximate surface area is 148 Å². The number of likely N-dealkylation sites (tertiary alicyclic amines) is 1. The Kier molecular flexibility index (Phi) is 4.55. The summed E-state index contributed by atoms with van der Waals surface area (Å²) >= 11 is 0. The average Bonchev–Trinajstić information content (AvgIpc) is 2.90. The summed E-state index contributed by atoms with van der Waals surface area (Å²) in [5.74, 6) is 0.697. The fourth-order valence-electron chi connectivity index (χ4n) is 3.92. The zero-order chi connectivity index (χ0) is 17.1. The number of hydrogen-bond donors (Lipinski definition) is 1. The first kappa shape index (κ1) is 15.9. The van der Waals surface area contributed by atoms with Crippen LogP contribution in [-0.4, -0.2) is 28.9 Å². The normalized spacial score (nSPS) is 18.2. The van der Waals surface area contributed by atoms with Gasteiger partial charge in [-0.15, -0.1) is 0 Å². The number of nitrogens with zero attached hydrogens (tertiary/aromatic N) is 1. The van der Waals surface area contributed by atoms with Gasteiger partial charge in [0.05, 0.1) is 6.42 Å². The molecular formula is C22H24N2O. The van der Waals surface area contributed by atoms with Crippen molar-refractivity contribution in [3.05, 3.63) is 71.9 Å². The third-order valence-electron chi connectivity index (χ3n) is 5.31. The van der Waals surface area contributed by atoms with Crippen molar-refractivity contribution in [3.63, 3.8) is 0 Å². The first-order valence-electron chi connectivity index (χ1n) is 9.19. The average molecular weight is 332 g/mol. The Morgan fingerprint density at radius 3 is 2.72 bits per heavy atom. The zero-order valence-electron chi connectivity index (χ0n) is 14.4. The standard InChI is InChI=1S/C22H24N2O/c25-22(14-19-15-23-21-12-5-4-11-20(19)21)24-13-7-6-10-18(16-24)17-8-2-1-3-9-17/h1-5,8-9,11-12,15,18,23H,6-7,10,13-14,16H2/t18-/m1/s1. The number of hydrogen-bond acceptors (Lipinski definition) is 1. The van der Waals surface area contributed by atoms with E-state index in [-0.39, 0.29) is 5.91 Å². The van der Waals surface area contributed by atoms with Crippen LogP contribution >= 0.6 is 0 Å². The number of nitrogens with one attached hydrogen (secondary N) is 1. The number of amides is 1. The van der Waals surface area contributed by atoms with Crippen molar-refractivity contribution in [3.8, 4) is 0 Å². The second kappa shape index (κ2) is 7.14. The second-order valence-corrected chi connectivity index (χ2v) is 6.98. The largest absolute Gasteiger partial charge is 0.361 e. The van der Waals surface area contributed by atoms with Gasteiger partial charge < -0.3 is 9.88 Å². The van der Waals surface area contributed by atoms with Crippen molar-refractivity contribution in [2.75, 3.05) is 13.1 Å². The summed E-state index contributed by atoms with van der Waals surface area (Å²) in [4.78, 5) is 18.3. The van der Waals surface area contributed by atoms with Crippen molar-refractivity contribution >= 4 is 16.8 Å². The number of aromatic amines is 1. The summed E-state index contributed by atoms with van der Waals surface area (Å²) in [6.45, 7) is 1.72. The quantitative estimate of drug-likeness (QED) is 0.753. The van der Waals surface area contributed by atoms with Gasteiger partial charge in [-0.1, -0.05) is 55.0 Å². The van der Waals surface area contributed by atoms with Gasteiger partial charge in [0, 0.05) is 36.1 Å². The van der Waals surface area contributed by atoms with Crippen molar-refractivity contribution in [1.82, 2.24) is 9.88 Å². The summed E-state index contributed by atoms with van der Waals surface area (Å²) < 4.78 is 0. The number of aromatic nitrogens is 1. The summed E-state index contributed by atoms with van der Waals surface area (Å²) in [6.07, 6.45) is 5.92. The Morgan fingerprint density at radius 2 is 1.84 bits per heavy atom.